The Morgan fingerprint density at radius 2 is 2.16 bits per heavy atom. The molecule has 0 bridgehead atoms. The highest BCUT2D eigenvalue weighted by atomic mass is 16.1. The smallest absolute Gasteiger partial charge is 0.251 e. The zero-order valence-electron chi connectivity index (χ0n) is 11.7. The minimum absolute atomic E-state index is 0.0169. The predicted octanol–water partition coefficient (Wildman–Crippen LogP) is 1.87. The van der Waals surface area contributed by atoms with Crippen LogP contribution in [-0.2, 0) is 0 Å². The Balaban J connectivity index is 1.95. The number of carbonyl (C=O) groups is 1. The topological polar surface area (TPSA) is 58.4 Å². The van der Waals surface area contributed by atoms with Gasteiger partial charge in [-0.3, -0.25) is 4.79 Å². The molecule has 0 aromatic heterocycles. The van der Waals surface area contributed by atoms with Gasteiger partial charge in [-0.15, -0.1) is 0 Å². The van der Waals surface area contributed by atoms with Crippen LogP contribution in [0.1, 0.15) is 36.0 Å². The van der Waals surface area contributed by atoms with E-state index in [0.717, 1.165) is 12.8 Å². The Morgan fingerprint density at radius 1 is 1.37 bits per heavy atom. The summed E-state index contributed by atoms with van der Waals surface area (Å²) in [5, 5.41) is 3.13. The van der Waals surface area contributed by atoms with Crippen LogP contribution in [0.2, 0.25) is 0 Å². The van der Waals surface area contributed by atoms with E-state index in [1.807, 2.05) is 6.07 Å². The van der Waals surface area contributed by atoms with Crippen molar-refractivity contribution in [2.24, 2.45) is 0 Å². The Morgan fingerprint density at radius 3 is 2.84 bits per heavy atom. The highest BCUT2D eigenvalue weighted by Crippen LogP contribution is 2.22. The molecule has 1 saturated carbocycles. The summed E-state index contributed by atoms with van der Waals surface area (Å²) < 4.78 is 0. The van der Waals surface area contributed by atoms with Crippen molar-refractivity contribution < 1.29 is 4.79 Å². The summed E-state index contributed by atoms with van der Waals surface area (Å²) in [4.78, 5) is 14.4. The fourth-order valence-electron chi connectivity index (χ4n) is 2.71. The standard InChI is InChI=1S/C15H23N3O/c1-18(2)14-8-4-7-13(10-14)17-15(19)11-5-3-6-12(16)9-11/h3,5-6,9,13-14H,4,7-8,10,16H2,1-2H3,(H,17,19). The first-order valence-corrected chi connectivity index (χ1v) is 6.89. The molecular weight excluding hydrogens is 238 g/mol. The van der Waals surface area contributed by atoms with Crippen LogP contribution in [0.5, 0.6) is 0 Å². The van der Waals surface area contributed by atoms with Gasteiger partial charge < -0.3 is 16.0 Å². The van der Waals surface area contributed by atoms with Gasteiger partial charge in [0.05, 0.1) is 0 Å². The van der Waals surface area contributed by atoms with Gasteiger partial charge in [0, 0.05) is 23.3 Å². The summed E-state index contributed by atoms with van der Waals surface area (Å²) in [6, 6.07) is 7.97. The number of rotatable bonds is 3. The lowest BCUT2D eigenvalue weighted by Gasteiger charge is -2.33. The van der Waals surface area contributed by atoms with Crippen molar-refractivity contribution in [1.29, 1.82) is 0 Å². The van der Waals surface area contributed by atoms with Crippen LogP contribution in [0, 0.1) is 0 Å². The van der Waals surface area contributed by atoms with Crippen molar-refractivity contribution in [2.45, 2.75) is 37.8 Å². The molecule has 1 aliphatic rings. The molecule has 1 fully saturated rings. The van der Waals surface area contributed by atoms with E-state index in [1.54, 1.807) is 18.2 Å². The fourth-order valence-corrected chi connectivity index (χ4v) is 2.71. The molecule has 4 heteroatoms. The number of amides is 1. The number of carbonyl (C=O) groups excluding carboxylic acids is 1. The van der Waals surface area contributed by atoms with E-state index >= 15 is 0 Å². The van der Waals surface area contributed by atoms with E-state index in [9.17, 15) is 4.79 Å². The minimum atomic E-state index is -0.0169. The average molecular weight is 261 g/mol. The van der Waals surface area contributed by atoms with Gasteiger partial charge in [0.15, 0.2) is 0 Å². The molecule has 1 amide bonds. The van der Waals surface area contributed by atoms with Crippen molar-refractivity contribution >= 4 is 11.6 Å². The monoisotopic (exact) mass is 261 g/mol. The average Bonchev–Trinajstić information content (AvgIpc) is 2.39. The third kappa shape index (κ3) is 3.70. The highest BCUT2D eigenvalue weighted by molar-refractivity contribution is 5.95. The molecule has 0 saturated heterocycles. The fraction of sp³-hybridized carbons (Fsp3) is 0.533. The number of nitrogens with one attached hydrogen (secondary N) is 1. The van der Waals surface area contributed by atoms with E-state index in [4.69, 9.17) is 5.73 Å². The van der Waals surface area contributed by atoms with Gasteiger partial charge in [-0.25, -0.2) is 0 Å². The second kappa shape index (κ2) is 6.06. The summed E-state index contributed by atoms with van der Waals surface area (Å²) in [7, 11) is 4.21. The Bertz CT molecular complexity index is 445. The van der Waals surface area contributed by atoms with Crippen molar-refractivity contribution in [3.63, 3.8) is 0 Å². The molecule has 0 heterocycles. The Labute approximate surface area is 115 Å². The second-order valence-electron chi connectivity index (χ2n) is 5.58. The molecule has 0 aliphatic heterocycles. The first-order chi connectivity index (χ1) is 9.06. The number of anilines is 1. The Hall–Kier alpha value is -1.55. The second-order valence-corrected chi connectivity index (χ2v) is 5.58. The molecule has 1 aromatic rings. The third-order valence-corrected chi connectivity index (χ3v) is 3.86. The van der Waals surface area contributed by atoms with Crippen molar-refractivity contribution in [1.82, 2.24) is 10.2 Å². The first-order valence-electron chi connectivity index (χ1n) is 6.89. The molecule has 0 radical (unpaired) electrons. The Kier molecular flexibility index (Phi) is 4.43. The summed E-state index contributed by atoms with van der Waals surface area (Å²) >= 11 is 0. The quantitative estimate of drug-likeness (QED) is 0.817. The number of benzene rings is 1. The van der Waals surface area contributed by atoms with Gasteiger partial charge in [-0.05, 0) is 58.0 Å². The van der Waals surface area contributed by atoms with Crippen LogP contribution in [0.3, 0.4) is 0 Å². The molecule has 2 unspecified atom stereocenters. The zero-order valence-corrected chi connectivity index (χ0v) is 11.7. The van der Waals surface area contributed by atoms with Gasteiger partial charge >= 0.3 is 0 Å². The molecule has 2 atom stereocenters. The van der Waals surface area contributed by atoms with E-state index in [1.165, 1.54) is 12.8 Å². The van der Waals surface area contributed by atoms with E-state index in [2.05, 4.69) is 24.3 Å². The molecule has 1 aliphatic carbocycles. The van der Waals surface area contributed by atoms with Gasteiger partial charge in [-0.1, -0.05) is 6.07 Å². The van der Waals surface area contributed by atoms with Crippen molar-refractivity contribution in [3.8, 4) is 0 Å². The molecule has 0 spiro atoms. The lowest BCUT2D eigenvalue weighted by atomic mass is 9.90. The lowest BCUT2D eigenvalue weighted by Crippen LogP contribution is -2.43. The van der Waals surface area contributed by atoms with Crippen LogP contribution in [0.15, 0.2) is 24.3 Å². The maximum absolute atomic E-state index is 12.2. The van der Waals surface area contributed by atoms with E-state index < -0.39 is 0 Å². The van der Waals surface area contributed by atoms with Gasteiger partial charge in [0.2, 0.25) is 0 Å². The summed E-state index contributed by atoms with van der Waals surface area (Å²) in [5.41, 5.74) is 6.98. The highest BCUT2D eigenvalue weighted by Gasteiger charge is 2.24. The van der Waals surface area contributed by atoms with Gasteiger partial charge in [-0.2, -0.15) is 0 Å². The summed E-state index contributed by atoms with van der Waals surface area (Å²) in [6.07, 6.45) is 4.49. The van der Waals surface area contributed by atoms with E-state index in [-0.39, 0.29) is 11.9 Å². The lowest BCUT2D eigenvalue weighted by molar-refractivity contribution is 0.0911. The maximum atomic E-state index is 12.2. The zero-order chi connectivity index (χ0) is 13.8. The molecule has 104 valence electrons. The van der Waals surface area contributed by atoms with Crippen LogP contribution >= 0.6 is 0 Å². The normalized spacial score (nSPS) is 23.3. The number of nitrogens with two attached hydrogens (primary N) is 1. The van der Waals surface area contributed by atoms with Crippen LogP contribution in [0.25, 0.3) is 0 Å². The van der Waals surface area contributed by atoms with Crippen molar-refractivity contribution in [2.75, 3.05) is 19.8 Å². The number of nitrogen functional groups attached to an aromatic ring is 1. The maximum Gasteiger partial charge on any atom is 0.251 e. The molecule has 3 N–H and O–H groups in total. The van der Waals surface area contributed by atoms with E-state index in [0.29, 0.717) is 17.3 Å². The molecule has 1 aromatic carbocycles. The number of hydrogen-bond donors (Lipinski definition) is 2. The summed E-state index contributed by atoms with van der Waals surface area (Å²) in [5.74, 6) is -0.0169. The van der Waals surface area contributed by atoms with Gasteiger partial charge in [0.25, 0.3) is 5.91 Å². The SMILES string of the molecule is CN(C)C1CCCC(NC(=O)c2cccc(N)c2)C1. The number of hydrogen-bond acceptors (Lipinski definition) is 3. The predicted molar refractivity (Wildman–Crippen MR) is 78.1 cm³/mol. The van der Waals surface area contributed by atoms with Gasteiger partial charge in [0.1, 0.15) is 0 Å². The third-order valence-electron chi connectivity index (χ3n) is 3.86. The minimum Gasteiger partial charge on any atom is -0.399 e. The van der Waals surface area contributed by atoms with Crippen LogP contribution < -0.4 is 11.1 Å². The largest absolute Gasteiger partial charge is 0.399 e. The molecular formula is C15H23N3O. The number of nitrogens with zero attached hydrogens (tertiary/aromatic N) is 1. The molecule has 19 heavy (non-hydrogen) atoms. The van der Waals surface area contributed by atoms with Crippen LogP contribution in [-0.4, -0.2) is 37.0 Å². The molecule has 4 nitrogen and oxygen atoms in total. The van der Waals surface area contributed by atoms with Crippen LogP contribution in [0.4, 0.5) is 5.69 Å². The molecule has 2 rings (SSSR count). The first kappa shape index (κ1) is 13.9. The van der Waals surface area contributed by atoms with Crippen molar-refractivity contribution in [3.05, 3.63) is 29.8 Å². The summed E-state index contributed by atoms with van der Waals surface area (Å²) in [6.45, 7) is 0.